The first kappa shape index (κ1) is 24.5. The highest BCUT2D eigenvalue weighted by Gasteiger charge is 2.29. The molecule has 0 aliphatic carbocycles. The standard InChI is InChI=1S/C26H36O3S/c1-25(17-18-27,22-11-5-3-6-12-22)15-9-19-30-20-10-16-26(2,21-24(28)29)23-13-7-4-8-14-23/h3-8,11-14,27H,9-10,15-21H2,1-2H3,(H,28,29). The maximum absolute atomic E-state index is 11.4. The molecule has 0 spiro atoms. The van der Waals surface area contributed by atoms with Crippen LogP contribution in [0.5, 0.6) is 0 Å². The minimum absolute atomic E-state index is 0.0178. The summed E-state index contributed by atoms with van der Waals surface area (Å²) in [6, 6.07) is 20.5. The molecule has 2 rings (SSSR count). The zero-order chi connectivity index (χ0) is 21.9. The fourth-order valence-corrected chi connectivity index (χ4v) is 5.14. The van der Waals surface area contributed by atoms with Crippen molar-refractivity contribution in [2.45, 2.75) is 63.2 Å². The molecule has 0 bridgehead atoms. The van der Waals surface area contributed by atoms with Gasteiger partial charge in [-0.05, 0) is 60.2 Å². The van der Waals surface area contributed by atoms with E-state index in [9.17, 15) is 15.0 Å². The summed E-state index contributed by atoms with van der Waals surface area (Å²) >= 11 is 1.95. The Morgan fingerprint density at radius 2 is 1.27 bits per heavy atom. The molecule has 3 nitrogen and oxygen atoms in total. The van der Waals surface area contributed by atoms with Crippen LogP contribution in [-0.2, 0) is 15.6 Å². The molecule has 164 valence electrons. The van der Waals surface area contributed by atoms with Gasteiger partial charge in [0.25, 0.3) is 0 Å². The molecule has 0 saturated heterocycles. The molecule has 0 saturated carbocycles. The van der Waals surface area contributed by atoms with Crippen molar-refractivity contribution in [3.63, 3.8) is 0 Å². The summed E-state index contributed by atoms with van der Waals surface area (Å²) in [6.45, 7) is 4.53. The fraction of sp³-hybridized carbons (Fsp3) is 0.500. The Bertz CT molecular complexity index is 749. The predicted octanol–water partition coefficient (Wildman–Crippen LogP) is 6.05. The number of rotatable bonds is 14. The third-order valence-corrected chi connectivity index (χ3v) is 7.34. The van der Waals surface area contributed by atoms with Crippen molar-refractivity contribution in [3.05, 3.63) is 71.8 Å². The third kappa shape index (κ3) is 7.48. The van der Waals surface area contributed by atoms with Gasteiger partial charge < -0.3 is 10.2 Å². The summed E-state index contributed by atoms with van der Waals surface area (Å²) in [5.74, 6) is 1.40. The van der Waals surface area contributed by atoms with Crippen LogP contribution < -0.4 is 0 Å². The van der Waals surface area contributed by atoms with E-state index in [1.807, 2.05) is 48.2 Å². The number of aliphatic carboxylic acids is 1. The smallest absolute Gasteiger partial charge is 0.304 e. The molecule has 0 aliphatic rings. The Kier molecular flexibility index (Phi) is 9.93. The van der Waals surface area contributed by atoms with Crippen LogP contribution in [0.1, 0.15) is 63.5 Å². The lowest BCUT2D eigenvalue weighted by Crippen LogP contribution is -2.26. The largest absolute Gasteiger partial charge is 0.481 e. The van der Waals surface area contributed by atoms with Crippen molar-refractivity contribution < 1.29 is 15.0 Å². The lowest BCUT2D eigenvalue weighted by molar-refractivity contribution is -0.138. The number of hydrogen-bond donors (Lipinski definition) is 2. The molecule has 4 heteroatoms. The SMILES string of the molecule is CC(CCO)(CCCSCCCC(C)(CC(=O)O)c1ccccc1)c1ccccc1. The Balaban J connectivity index is 1.78. The summed E-state index contributed by atoms with van der Waals surface area (Å²) < 4.78 is 0. The summed E-state index contributed by atoms with van der Waals surface area (Å²) in [5, 5.41) is 18.9. The van der Waals surface area contributed by atoms with Gasteiger partial charge in [-0.1, -0.05) is 74.5 Å². The molecule has 2 unspecified atom stereocenters. The third-order valence-electron chi connectivity index (χ3n) is 6.18. The Hall–Kier alpha value is -1.78. The number of aliphatic hydroxyl groups is 1. The van der Waals surface area contributed by atoms with E-state index in [1.165, 1.54) is 5.56 Å². The molecule has 2 N–H and O–H groups in total. The summed E-state index contributed by atoms with van der Waals surface area (Å²) in [4.78, 5) is 11.4. The zero-order valence-corrected chi connectivity index (χ0v) is 19.2. The maximum atomic E-state index is 11.4. The van der Waals surface area contributed by atoms with Gasteiger partial charge in [0.1, 0.15) is 0 Å². The van der Waals surface area contributed by atoms with Gasteiger partial charge in [-0.25, -0.2) is 0 Å². The second-order valence-electron chi connectivity index (χ2n) is 8.72. The van der Waals surface area contributed by atoms with E-state index < -0.39 is 5.97 Å². The van der Waals surface area contributed by atoms with Crippen molar-refractivity contribution >= 4 is 17.7 Å². The van der Waals surface area contributed by atoms with E-state index in [0.717, 1.165) is 49.2 Å². The van der Waals surface area contributed by atoms with Crippen LogP contribution in [0.4, 0.5) is 0 Å². The minimum Gasteiger partial charge on any atom is -0.481 e. The number of benzene rings is 2. The number of carboxylic acids is 1. The van der Waals surface area contributed by atoms with Crippen molar-refractivity contribution in [3.8, 4) is 0 Å². The fourth-order valence-electron chi connectivity index (χ4n) is 4.24. The van der Waals surface area contributed by atoms with E-state index in [-0.39, 0.29) is 23.9 Å². The van der Waals surface area contributed by atoms with Crippen molar-refractivity contribution in [2.75, 3.05) is 18.1 Å². The zero-order valence-electron chi connectivity index (χ0n) is 18.3. The van der Waals surface area contributed by atoms with Crippen LogP contribution in [0, 0.1) is 0 Å². The molecule has 2 atom stereocenters. The maximum Gasteiger partial charge on any atom is 0.304 e. The Morgan fingerprint density at radius 1 is 0.800 bits per heavy atom. The number of aliphatic hydroxyl groups excluding tert-OH is 1. The van der Waals surface area contributed by atoms with E-state index >= 15 is 0 Å². The first-order chi connectivity index (χ1) is 14.4. The topological polar surface area (TPSA) is 57.5 Å². The molecule has 2 aromatic carbocycles. The monoisotopic (exact) mass is 428 g/mol. The van der Waals surface area contributed by atoms with Crippen LogP contribution >= 0.6 is 11.8 Å². The second kappa shape index (κ2) is 12.2. The van der Waals surface area contributed by atoms with Crippen molar-refractivity contribution in [2.24, 2.45) is 0 Å². The van der Waals surface area contributed by atoms with Crippen molar-refractivity contribution in [1.29, 1.82) is 0 Å². The van der Waals surface area contributed by atoms with Gasteiger partial charge in [0, 0.05) is 12.0 Å². The first-order valence-electron chi connectivity index (χ1n) is 10.9. The van der Waals surface area contributed by atoms with Crippen LogP contribution in [0.2, 0.25) is 0 Å². The number of carboxylic acid groups (broad SMARTS) is 1. The average Bonchev–Trinajstić information content (AvgIpc) is 2.74. The van der Waals surface area contributed by atoms with Gasteiger partial charge in [0.05, 0.1) is 6.42 Å². The number of hydrogen-bond acceptors (Lipinski definition) is 3. The lowest BCUT2D eigenvalue weighted by atomic mass is 9.76. The van der Waals surface area contributed by atoms with Gasteiger partial charge in [-0.15, -0.1) is 0 Å². The summed E-state index contributed by atoms with van der Waals surface area (Å²) in [5.41, 5.74) is 2.11. The average molecular weight is 429 g/mol. The van der Waals surface area contributed by atoms with Crippen LogP contribution in [0.3, 0.4) is 0 Å². The summed E-state index contributed by atoms with van der Waals surface area (Å²) in [6.07, 6.45) is 5.01. The van der Waals surface area contributed by atoms with Gasteiger partial charge >= 0.3 is 5.97 Å². The van der Waals surface area contributed by atoms with Crippen LogP contribution in [0.15, 0.2) is 60.7 Å². The molecule has 0 aromatic heterocycles. The van der Waals surface area contributed by atoms with Gasteiger partial charge in [-0.2, -0.15) is 11.8 Å². The quantitative estimate of drug-likeness (QED) is 0.360. The van der Waals surface area contributed by atoms with Gasteiger partial charge in [0.2, 0.25) is 0 Å². The molecular weight excluding hydrogens is 392 g/mol. The summed E-state index contributed by atoms with van der Waals surface area (Å²) in [7, 11) is 0. The van der Waals surface area contributed by atoms with Crippen molar-refractivity contribution in [1.82, 2.24) is 0 Å². The van der Waals surface area contributed by atoms with Crippen LogP contribution in [0.25, 0.3) is 0 Å². The van der Waals surface area contributed by atoms with E-state index in [0.29, 0.717) is 0 Å². The molecule has 30 heavy (non-hydrogen) atoms. The Labute approximate surface area is 185 Å². The van der Waals surface area contributed by atoms with Gasteiger partial charge in [-0.3, -0.25) is 4.79 Å². The molecule has 2 aromatic rings. The highest BCUT2D eigenvalue weighted by molar-refractivity contribution is 7.99. The molecule has 0 amide bonds. The minimum atomic E-state index is -0.738. The highest BCUT2D eigenvalue weighted by Crippen LogP contribution is 2.34. The van der Waals surface area contributed by atoms with Crippen LogP contribution in [-0.4, -0.2) is 34.3 Å². The number of thioether (sulfide) groups is 1. The molecule has 0 aliphatic heterocycles. The predicted molar refractivity (Wildman–Crippen MR) is 127 cm³/mol. The van der Waals surface area contributed by atoms with E-state index in [2.05, 4.69) is 38.1 Å². The molecule has 0 fully saturated rings. The lowest BCUT2D eigenvalue weighted by Gasteiger charge is -2.30. The Morgan fingerprint density at radius 3 is 1.73 bits per heavy atom. The van der Waals surface area contributed by atoms with E-state index in [4.69, 9.17) is 0 Å². The second-order valence-corrected chi connectivity index (χ2v) is 9.94. The van der Waals surface area contributed by atoms with E-state index in [1.54, 1.807) is 0 Å². The first-order valence-corrected chi connectivity index (χ1v) is 12.1. The molecule has 0 heterocycles. The highest BCUT2D eigenvalue weighted by atomic mass is 32.2. The van der Waals surface area contributed by atoms with Gasteiger partial charge in [0.15, 0.2) is 0 Å². The normalized spacial score (nSPS) is 15.3. The molecule has 0 radical (unpaired) electrons. The number of carbonyl (C=O) groups is 1. The molecular formula is C26H36O3S.